The predicted octanol–water partition coefficient (Wildman–Crippen LogP) is 2.29. The molecule has 1 aromatic carbocycles. The molecule has 1 aromatic rings. The molecule has 1 aliphatic rings. The fourth-order valence-corrected chi connectivity index (χ4v) is 2.64. The van der Waals surface area contributed by atoms with Crippen LogP contribution in [0.2, 0.25) is 0 Å². The Morgan fingerprint density at radius 3 is 2.84 bits per heavy atom. The van der Waals surface area contributed by atoms with Gasteiger partial charge in [-0.25, -0.2) is 4.39 Å². The van der Waals surface area contributed by atoms with E-state index in [4.69, 9.17) is 0 Å². The van der Waals surface area contributed by atoms with Gasteiger partial charge in [-0.1, -0.05) is 0 Å². The van der Waals surface area contributed by atoms with Crippen LogP contribution in [0.4, 0.5) is 10.1 Å². The molecule has 2 rings (SSSR count). The number of anilines is 1. The van der Waals surface area contributed by atoms with Crippen molar-refractivity contribution in [1.29, 1.82) is 0 Å². The molecule has 0 aliphatic carbocycles. The number of rotatable bonds is 3. The molecular formula is C15H23FN2O. The van der Waals surface area contributed by atoms with Crippen molar-refractivity contribution in [2.24, 2.45) is 0 Å². The van der Waals surface area contributed by atoms with E-state index in [2.05, 4.69) is 10.2 Å². The standard InChI is InChI=1S/C15H23FN2O/c1-15(19)4-3-6-18(7-5-15)14-9-12(11-17-2)8-13(16)10-14/h8-10,17,19H,3-7,11H2,1-2H3. The summed E-state index contributed by atoms with van der Waals surface area (Å²) in [5.41, 5.74) is 1.28. The highest BCUT2D eigenvalue weighted by atomic mass is 19.1. The van der Waals surface area contributed by atoms with Crippen LogP contribution in [0.25, 0.3) is 0 Å². The van der Waals surface area contributed by atoms with E-state index in [0.717, 1.165) is 43.6 Å². The molecule has 0 amide bonds. The smallest absolute Gasteiger partial charge is 0.125 e. The van der Waals surface area contributed by atoms with Gasteiger partial charge in [-0.05, 0) is 57.0 Å². The first-order valence-corrected chi connectivity index (χ1v) is 6.91. The van der Waals surface area contributed by atoms with Crippen molar-refractivity contribution >= 4 is 5.69 Å². The lowest BCUT2D eigenvalue weighted by Gasteiger charge is -2.25. The minimum Gasteiger partial charge on any atom is -0.390 e. The summed E-state index contributed by atoms with van der Waals surface area (Å²) in [6, 6.07) is 5.17. The molecule has 0 saturated carbocycles. The van der Waals surface area contributed by atoms with E-state index in [0.29, 0.717) is 6.54 Å². The summed E-state index contributed by atoms with van der Waals surface area (Å²) in [6.45, 7) is 4.19. The number of benzene rings is 1. The highest BCUT2D eigenvalue weighted by molar-refractivity contribution is 5.49. The predicted molar refractivity (Wildman–Crippen MR) is 75.9 cm³/mol. The van der Waals surface area contributed by atoms with Crippen LogP contribution in [-0.2, 0) is 6.54 Å². The summed E-state index contributed by atoms with van der Waals surface area (Å²) in [5.74, 6) is -0.196. The highest BCUT2D eigenvalue weighted by Crippen LogP contribution is 2.26. The molecule has 0 spiro atoms. The molecule has 0 aromatic heterocycles. The molecular weight excluding hydrogens is 243 g/mol. The molecule has 0 bridgehead atoms. The Labute approximate surface area is 114 Å². The van der Waals surface area contributed by atoms with Gasteiger partial charge in [0.05, 0.1) is 5.60 Å². The van der Waals surface area contributed by atoms with Gasteiger partial charge in [0, 0.05) is 25.3 Å². The number of nitrogens with one attached hydrogen (secondary N) is 1. The normalized spacial score (nSPS) is 24.3. The maximum Gasteiger partial charge on any atom is 0.125 e. The zero-order valence-corrected chi connectivity index (χ0v) is 11.7. The average Bonchev–Trinajstić information content (AvgIpc) is 2.50. The first-order chi connectivity index (χ1) is 9.00. The Morgan fingerprint density at radius 1 is 1.32 bits per heavy atom. The van der Waals surface area contributed by atoms with Crippen LogP contribution >= 0.6 is 0 Å². The van der Waals surface area contributed by atoms with Gasteiger partial charge in [-0.3, -0.25) is 0 Å². The third kappa shape index (κ3) is 3.91. The molecule has 1 heterocycles. The SMILES string of the molecule is CNCc1cc(F)cc(N2CCCC(C)(O)CC2)c1. The zero-order valence-electron chi connectivity index (χ0n) is 11.7. The van der Waals surface area contributed by atoms with Crippen LogP contribution in [0, 0.1) is 5.82 Å². The Balaban J connectivity index is 2.16. The second kappa shape index (κ2) is 5.88. The third-order valence-electron chi connectivity index (χ3n) is 3.75. The Kier molecular flexibility index (Phi) is 4.42. The Hall–Kier alpha value is -1.13. The van der Waals surface area contributed by atoms with Gasteiger partial charge in [-0.2, -0.15) is 0 Å². The van der Waals surface area contributed by atoms with Gasteiger partial charge in [0.2, 0.25) is 0 Å². The molecule has 1 saturated heterocycles. The molecule has 19 heavy (non-hydrogen) atoms. The molecule has 3 nitrogen and oxygen atoms in total. The van der Waals surface area contributed by atoms with Crippen LogP contribution in [0.5, 0.6) is 0 Å². The quantitative estimate of drug-likeness (QED) is 0.881. The first-order valence-electron chi connectivity index (χ1n) is 6.91. The van der Waals surface area contributed by atoms with Crippen molar-refractivity contribution in [2.45, 2.75) is 38.3 Å². The molecule has 1 unspecified atom stereocenters. The molecule has 1 fully saturated rings. The van der Waals surface area contributed by atoms with E-state index in [1.165, 1.54) is 0 Å². The topological polar surface area (TPSA) is 35.5 Å². The largest absolute Gasteiger partial charge is 0.390 e. The van der Waals surface area contributed by atoms with Gasteiger partial charge >= 0.3 is 0 Å². The molecule has 106 valence electrons. The van der Waals surface area contributed by atoms with Crippen molar-refractivity contribution in [2.75, 3.05) is 25.0 Å². The second-order valence-electron chi connectivity index (χ2n) is 5.69. The second-order valence-corrected chi connectivity index (χ2v) is 5.69. The summed E-state index contributed by atoms with van der Waals surface area (Å²) in [6.07, 6.45) is 2.47. The number of nitrogens with zero attached hydrogens (tertiary/aromatic N) is 1. The van der Waals surface area contributed by atoms with Crippen LogP contribution in [0.3, 0.4) is 0 Å². The van der Waals surface area contributed by atoms with Gasteiger partial charge in [-0.15, -0.1) is 0 Å². The Bertz CT molecular complexity index is 434. The summed E-state index contributed by atoms with van der Waals surface area (Å²) in [4.78, 5) is 2.17. The zero-order chi connectivity index (χ0) is 13.9. The summed E-state index contributed by atoms with van der Waals surface area (Å²) in [5, 5.41) is 13.1. The van der Waals surface area contributed by atoms with Crippen molar-refractivity contribution in [1.82, 2.24) is 5.32 Å². The van der Waals surface area contributed by atoms with Gasteiger partial charge < -0.3 is 15.3 Å². The van der Waals surface area contributed by atoms with Crippen molar-refractivity contribution in [3.8, 4) is 0 Å². The first kappa shape index (κ1) is 14.3. The lowest BCUT2D eigenvalue weighted by atomic mass is 9.98. The van der Waals surface area contributed by atoms with Crippen LogP contribution in [-0.4, -0.2) is 30.8 Å². The maximum atomic E-state index is 13.7. The summed E-state index contributed by atoms with van der Waals surface area (Å²) < 4.78 is 13.7. The number of halogens is 1. The maximum absolute atomic E-state index is 13.7. The van der Waals surface area contributed by atoms with Crippen LogP contribution in [0.15, 0.2) is 18.2 Å². The van der Waals surface area contributed by atoms with Crippen molar-refractivity contribution in [3.63, 3.8) is 0 Å². The molecule has 0 radical (unpaired) electrons. The number of hydrogen-bond donors (Lipinski definition) is 2. The minimum absolute atomic E-state index is 0.196. The molecule has 2 N–H and O–H groups in total. The van der Waals surface area contributed by atoms with Gasteiger partial charge in [0.15, 0.2) is 0 Å². The Morgan fingerprint density at radius 2 is 2.11 bits per heavy atom. The summed E-state index contributed by atoms with van der Waals surface area (Å²) >= 11 is 0. The number of aliphatic hydroxyl groups is 1. The molecule has 1 aliphatic heterocycles. The third-order valence-corrected chi connectivity index (χ3v) is 3.75. The van der Waals surface area contributed by atoms with Crippen molar-refractivity contribution in [3.05, 3.63) is 29.6 Å². The van der Waals surface area contributed by atoms with Crippen molar-refractivity contribution < 1.29 is 9.50 Å². The summed E-state index contributed by atoms with van der Waals surface area (Å²) in [7, 11) is 1.85. The fourth-order valence-electron chi connectivity index (χ4n) is 2.64. The number of hydrogen-bond acceptors (Lipinski definition) is 3. The lowest BCUT2D eigenvalue weighted by molar-refractivity contribution is 0.0481. The van der Waals surface area contributed by atoms with E-state index in [9.17, 15) is 9.50 Å². The monoisotopic (exact) mass is 266 g/mol. The molecule has 1 atom stereocenters. The lowest BCUT2D eigenvalue weighted by Crippen LogP contribution is -2.28. The van der Waals surface area contributed by atoms with Crippen LogP contribution in [0.1, 0.15) is 31.7 Å². The fraction of sp³-hybridized carbons (Fsp3) is 0.600. The van der Waals surface area contributed by atoms with E-state index >= 15 is 0 Å². The van der Waals surface area contributed by atoms with E-state index in [-0.39, 0.29) is 5.82 Å². The average molecular weight is 266 g/mol. The van der Waals surface area contributed by atoms with Gasteiger partial charge in [0.25, 0.3) is 0 Å². The van der Waals surface area contributed by atoms with Crippen LogP contribution < -0.4 is 10.2 Å². The van der Waals surface area contributed by atoms with E-state index < -0.39 is 5.60 Å². The molecule has 4 heteroatoms. The van der Waals surface area contributed by atoms with Gasteiger partial charge in [0.1, 0.15) is 5.82 Å². The van der Waals surface area contributed by atoms with E-state index in [1.54, 1.807) is 12.1 Å². The highest BCUT2D eigenvalue weighted by Gasteiger charge is 2.25. The van der Waals surface area contributed by atoms with E-state index in [1.807, 2.05) is 20.0 Å². The minimum atomic E-state index is -0.587.